The Morgan fingerprint density at radius 1 is 1.04 bits per heavy atom. The van der Waals surface area contributed by atoms with E-state index in [4.69, 9.17) is 9.51 Å². The molecule has 0 spiro atoms. The van der Waals surface area contributed by atoms with Crippen LogP contribution < -0.4 is 5.56 Å². The molecule has 4 aromatic rings. The number of hydrogen-bond acceptors (Lipinski definition) is 6. The van der Waals surface area contributed by atoms with Crippen molar-refractivity contribution < 1.29 is 4.52 Å². The highest BCUT2D eigenvalue weighted by Gasteiger charge is 2.16. The average molecular weight is 378 g/mol. The minimum atomic E-state index is 0.0490. The summed E-state index contributed by atoms with van der Waals surface area (Å²) in [5.74, 6) is 1.89. The van der Waals surface area contributed by atoms with Crippen LogP contribution >= 0.6 is 11.3 Å². The standard InChI is InChI=1S/C20H18N4O2S/c25-20-15-7-6-13(19-22-18(23-26-19)14-8-10-27-12-14)11-16(15)21-17-5-3-1-2-4-9-24(17)20/h6-8,10-12H,1-5,9H2. The van der Waals surface area contributed by atoms with Crippen molar-refractivity contribution in [3.05, 3.63) is 51.2 Å². The maximum absolute atomic E-state index is 12.9. The van der Waals surface area contributed by atoms with E-state index in [2.05, 4.69) is 10.1 Å². The first-order valence-electron chi connectivity index (χ1n) is 9.20. The van der Waals surface area contributed by atoms with Crippen LogP contribution in [0, 0.1) is 0 Å². The lowest BCUT2D eigenvalue weighted by Gasteiger charge is -2.16. The van der Waals surface area contributed by atoms with Gasteiger partial charge >= 0.3 is 0 Å². The fraction of sp³-hybridized carbons (Fsp3) is 0.300. The van der Waals surface area contributed by atoms with E-state index in [1.54, 1.807) is 11.3 Å². The maximum atomic E-state index is 12.9. The third-order valence-electron chi connectivity index (χ3n) is 5.02. The zero-order valence-electron chi connectivity index (χ0n) is 14.7. The van der Waals surface area contributed by atoms with Gasteiger partial charge in [0.15, 0.2) is 0 Å². The molecule has 5 rings (SSSR count). The van der Waals surface area contributed by atoms with Gasteiger partial charge in [-0.1, -0.05) is 18.0 Å². The second kappa shape index (κ2) is 6.74. The number of aromatic nitrogens is 4. The molecule has 6 nitrogen and oxygen atoms in total. The first-order chi connectivity index (χ1) is 13.3. The minimum Gasteiger partial charge on any atom is -0.334 e. The van der Waals surface area contributed by atoms with Crippen molar-refractivity contribution in [3.8, 4) is 22.8 Å². The summed E-state index contributed by atoms with van der Waals surface area (Å²) in [6.45, 7) is 0.756. The predicted molar refractivity (Wildman–Crippen MR) is 105 cm³/mol. The number of aryl methyl sites for hydroxylation is 1. The van der Waals surface area contributed by atoms with E-state index in [1.807, 2.05) is 39.6 Å². The molecule has 0 atom stereocenters. The van der Waals surface area contributed by atoms with Crippen LogP contribution in [0.5, 0.6) is 0 Å². The van der Waals surface area contributed by atoms with Crippen LogP contribution in [-0.2, 0) is 13.0 Å². The molecule has 4 heterocycles. The molecular weight excluding hydrogens is 360 g/mol. The van der Waals surface area contributed by atoms with Crippen LogP contribution in [0.2, 0.25) is 0 Å². The van der Waals surface area contributed by atoms with Crippen LogP contribution in [0.1, 0.15) is 31.5 Å². The fourth-order valence-corrected chi connectivity index (χ4v) is 4.21. The van der Waals surface area contributed by atoms with Gasteiger partial charge in [0.25, 0.3) is 11.4 Å². The summed E-state index contributed by atoms with van der Waals surface area (Å²) in [6, 6.07) is 7.51. The monoisotopic (exact) mass is 378 g/mol. The Kier molecular flexibility index (Phi) is 4.09. The third kappa shape index (κ3) is 2.98. The zero-order chi connectivity index (χ0) is 18.2. The van der Waals surface area contributed by atoms with Gasteiger partial charge in [-0.3, -0.25) is 9.36 Å². The lowest BCUT2D eigenvalue weighted by molar-refractivity contribution is 0.432. The maximum Gasteiger partial charge on any atom is 0.261 e. The molecule has 0 unspecified atom stereocenters. The smallest absolute Gasteiger partial charge is 0.261 e. The molecule has 0 saturated heterocycles. The van der Waals surface area contributed by atoms with Gasteiger partial charge in [0.2, 0.25) is 5.82 Å². The highest BCUT2D eigenvalue weighted by atomic mass is 32.1. The van der Waals surface area contributed by atoms with Gasteiger partial charge < -0.3 is 4.52 Å². The minimum absolute atomic E-state index is 0.0490. The van der Waals surface area contributed by atoms with Crippen molar-refractivity contribution in [1.29, 1.82) is 0 Å². The molecular formula is C20H18N4O2S. The van der Waals surface area contributed by atoms with Crippen molar-refractivity contribution in [2.75, 3.05) is 0 Å². The lowest BCUT2D eigenvalue weighted by atomic mass is 10.1. The molecule has 1 aliphatic heterocycles. The molecule has 0 bridgehead atoms. The third-order valence-corrected chi connectivity index (χ3v) is 5.70. The van der Waals surface area contributed by atoms with E-state index in [9.17, 15) is 4.79 Å². The summed E-state index contributed by atoms with van der Waals surface area (Å²) in [6.07, 6.45) is 5.32. The predicted octanol–water partition coefficient (Wildman–Crippen LogP) is 4.29. The molecule has 3 aromatic heterocycles. The Morgan fingerprint density at radius 2 is 1.96 bits per heavy atom. The fourth-order valence-electron chi connectivity index (χ4n) is 3.58. The zero-order valence-corrected chi connectivity index (χ0v) is 15.5. The quantitative estimate of drug-likeness (QED) is 0.520. The summed E-state index contributed by atoms with van der Waals surface area (Å²) in [5, 5.41) is 8.66. The van der Waals surface area contributed by atoms with Crippen LogP contribution in [-0.4, -0.2) is 19.7 Å². The van der Waals surface area contributed by atoms with Crippen molar-refractivity contribution in [2.45, 2.75) is 38.6 Å². The molecule has 1 aliphatic rings. The molecule has 0 N–H and O–H groups in total. The second-order valence-electron chi connectivity index (χ2n) is 6.82. The highest BCUT2D eigenvalue weighted by Crippen LogP contribution is 2.25. The van der Waals surface area contributed by atoms with Crippen molar-refractivity contribution >= 4 is 22.2 Å². The van der Waals surface area contributed by atoms with Gasteiger partial charge in [-0.15, -0.1) is 0 Å². The summed E-state index contributed by atoms with van der Waals surface area (Å²) < 4.78 is 7.28. The molecule has 1 aromatic carbocycles. The van der Waals surface area contributed by atoms with Crippen molar-refractivity contribution in [3.63, 3.8) is 0 Å². The molecule has 27 heavy (non-hydrogen) atoms. The first-order valence-corrected chi connectivity index (χ1v) is 10.1. The Bertz CT molecular complexity index is 1160. The number of rotatable bonds is 2. The van der Waals surface area contributed by atoms with Gasteiger partial charge in [-0.25, -0.2) is 4.98 Å². The van der Waals surface area contributed by atoms with E-state index >= 15 is 0 Å². The summed E-state index contributed by atoms with van der Waals surface area (Å²) in [7, 11) is 0. The molecule has 7 heteroatoms. The van der Waals surface area contributed by atoms with E-state index in [1.165, 1.54) is 12.8 Å². The molecule has 136 valence electrons. The Hall–Kier alpha value is -2.80. The van der Waals surface area contributed by atoms with Crippen LogP contribution in [0.25, 0.3) is 33.7 Å². The van der Waals surface area contributed by atoms with Gasteiger partial charge in [0.1, 0.15) is 5.82 Å². The van der Waals surface area contributed by atoms with Crippen molar-refractivity contribution in [1.82, 2.24) is 19.7 Å². The van der Waals surface area contributed by atoms with Gasteiger partial charge in [-0.2, -0.15) is 16.3 Å². The number of hydrogen-bond donors (Lipinski definition) is 0. The molecule has 0 aliphatic carbocycles. The first kappa shape index (κ1) is 16.4. The number of nitrogens with zero attached hydrogens (tertiary/aromatic N) is 4. The summed E-state index contributed by atoms with van der Waals surface area (Å²) in [4.78, 5) is 22.2. The molecule has 0 amide bonds. The van der Waals surface area contributed by atoms with E-state index in [-0.39, 0.29) is 5.56 Å². The number of fused-ring (bicyclic) bond motifs is 2. The molecule has 0 fully saturated rings. The highest BCUT2D eigenvalue weighted by molar-refractivity contribution is 7.08. The normalized spacial score (nSPS) is 14.7. The van der Waals surface area contributed by atoms with Gasteiger partial charge in [0.05, 0.1) is 10.9 Å². The van der Waals surface area contributed by atoms with E-state index in [0.717, 1.165) is 42.8 Å². The number of thiophene rings is 1. The molecule has 0 radical (unpaired) electrons. The Balaban J connectivity index is 1.59. The average Bonchev–Trinajstić information content (AvgIpc) is 3.34. The summed E-state index contributed by atoms with van der Waals surface area (Å²) in [5.41, 5.74) is 2.46. The van der Waals surface area contributed by atoms with Crippen LogP contribution in [0.3, 0.4) is 0 Å². The summed E-state index contributed by atoms with van der Waals surface area (Å²) >= 11 is 1.59. The van der Waals surface area contributed by atoms with Crippen LogP contribution in [0.4, 0.5) is 0 Å². The largest absolute Gasteiger partial charge is 0.334 e. The Labute approximate surface area is 159 Å². The van der Waals surface area contributed by atoms with Crippen molar-refractivity contribution in [2.24, 2.45) is 0 Å². The second-order valence-corrected chi connectivity index (χ2v) is 7.60. The van der Waals surface area contributed by atoms with E-state index < -0.39 is 0 Å². The van der Waals surface area contributed by atoms with E-state index in [0.29, 0.717) is 22.6 Å². The Morgan fingerprint density at radius 3 is 2.85 bits per heavy atom. The SMILES string of the molecule is O=c1c2ccc(-c3nc(-c4ccsc4)no3)cc2nc2n1CCCCCC2. The van der Waals surface area contributed by atoms with Crippen LogP contribution in [0.15, 0.2) is 44.3 Å². The lowest BCUT2D eigenvalue weighted by Crippen LogP contribution is -2.26. The number of benzene rings is 1. The van der Waals surface area contributed by atoms with Gasteiger partial charge in [0, 0.05) is 29.5 Å². The van der Waals surface area contributed by atoms with Gasteiger partial charge in [-0.05, 0) is 42.5 Å². The topological polar surface area (TPSA) is 73.8 Å². The molecule has 0 saturated carbocycles.